The van der Waals surface area contributed by atoms with E-state index in [0.717, 1.165) is 17.9 Å². The fraction of sp³-hybridized carbons (Fsp3) is 0.300. The molecule has 0 radical (unpaired) electrons. The maximum Gasteiger partial charge on any atom is 0.232 e. The molecule has 4 nitrogen and oxygen atoms in total. The molecule has 0 atom stereocenters. The molecule has 0 amide bonds. The maximum atomic E-state index is 5.06. The predicted octanol–water partition coefficient (Wildman–Crippen LogP) is 1.62. The number of aryl methyl sites for hydroxylation is 1. The number of hydrogen-bond donors (Lipinski definition) is 0. The van der Waals surface area contributed by atoms with Crippen LogP contribution in [0.3, 0.4) is 0 Å². The van der Waals surface area contributed by atoms with Gasteiger partial charge >= 0.3 is 0 Å². The second-order valence-corrected chi connectivity index (χ2v) is 2.96. The molecule has 0 aliphatic carbocycles. The van der Waals surface area contributed by atoms with E-state index in [9.17, 15) is 0 Å². The highest BCUT2D eigenvalue weighted by molar-refractivity contribution is 5.08. The van der Waals surface area contributed by atoms with E-state index in [-0.39, 0.29) is 0 Å². The van der Waals surface area contributed by atoms with E-state index in [1.54, 1.807) is 6.20 Å². The van der Waals surface area contributed by atoms with Gasteiger partial charge < -0.3 is 4.52 Å². The van der Waals surface area contributed by atoms with Crippen LogP contribution in [-0.4, -0.2) is 15.1 Å². The average Bonchev–Trinajstić information content (AvgIpc) is 2.67. The van der Waals surface area contributed by atoms with E-state index in [2.05, 4.69) is 15.1 Å². The first-order valence-corrected chi connectivity index (χ1v) is 4.60. The first-order valence-electron chi connectivity index (χ1n) is 4.60. The predicted molar refractivity (Wildman–Crippen MR) is 50.7 cm³/mol. The molecule has 0 fully saturated rings. The van der Waals surface area contributed by atoms with Crippen LogP contribution in [0.4, 0.5) is 0 Å². The molecule has 2 aromatic heterocycles. The maximum absolute atomic E-state index is 5.06. The van der Waals surface area contributed by atoms with Crippen molar-refractivity contribution < 1.29 is 4.52 Å². The topological polar surface area (TPSA) is 51.8 Å². The lowest BCUT2D eigenvalue weighted by atomic mass is 10.3. The zero-order chi connectivity index (χ0) is 9.80. The van der Waals surface area contributed by atoms with Crippen LogP contribution in [0, 0.1) is 0 Å². The van der Waals surface area contributed by atoms with Crippen LogP contribution in [0.15, 0.2) is 28.9 Å². The lowest BCUT2D eigenvalue weighted by Gasteiger charge is -1.92. The lowest BCUT2D eigenvalue weighted by Crippen LogP contribution is -1.91. The van der Waals surface area contributed by atoms with Gasteiger partial charge in [-0.3, -0.25) is 4.98 Å². The molecule has 0 unspecified atom stereocenters. The molecule has 2 aromatic rings. The molecule has 0 aliphatic heterocycles. The van der Waals surface area contributed by atoms with Crippen molar-refractivity contribution in [3.05, 3.63) is 41.8 Å². The second-order valence-electron chi connectivity index (χ2n) is 2.96. The van der Waals surface area contributed by atoms with Gasteiger partial charge in [0.15, 0.2) is 5.82 Å². The van der Waals surface area contributed by atoms with Crippen LogP contribution >= 0.6 is 0 Å². The van der Waals surface area contributed by atoms with Gasteiger partial charge in [-0.1, -0.05) is 18.1 Å². The first kappa shape index (κ1) is 8.87. The van der Waals surface area contributed by atoms with Crippen molar-refractivity contribution >= 4 is 0 Å². The Morgan fingerprint density at radius 2 is 2.29 bits per heavy atom. The van der Waals surface area contributed by atoms with Gasteiger partial charge in [-0.2, -0.15) is 4.98 Å². The lowest BCUT2D eigenvalue weighted by molar-refractivity contribution is 0.379. The molecule has 0 N–H and O–H groups in total. The van der Waals surface area contributed by atoms with Crippen molar-refractivity contribution in [2.45, 2.75) is 19.8 Å². The van der Waals surface area contributed by atoms with Gasteiger partial charge in [0.25, 0.3) is 0 Å². The molecule has 72 valence electrons. The van der Waals surface area contributed by atoms with Crippen LogP contribution in [0.2, 0.25) is 0 Å². The van der Waals surface area contributed by atoms with Gasteiger partial charge in [0.05, 0.1) is 6.42 Å². The fourth-order valence-electron chi connectivity index (χ4n) is 1.16. The summed E-state index contributed by atoms with van der Waals surface area (Å²) in [6.07, 6.45) is 3.16. The van der Waals surface area contributed by atoms with Crippen LogP contribution in [0.1, 0.15) is 24.3 Å². The van der Waals surface area contributed by atoms with E-state index < -0.39 is 0 Å². The van der Waals surface area contributed by atoms with Crippen molar-refractivity contribution in [1.29, 1.82) is 0 Å². The summed E-state index contributed by atoms with van der Waals surface area (Å²) < 4.78 is 5.06. The number of hydrogen-bond acceptors (Lipinski definition) is 4. The van der Waals surface area contributed by atoms with Crippen molar-refractivity contribution in [2.24, 2.45) is 0 Å². The molecule has 4 heteroatoms. The Balaban J connectivity index is 2.11. The third kappa shape index (κ3) is 1.96. The molecule has 14 heavy (non-hydrogen) atoms. The third-order valence-corrected chi connectivity index (χ3v) is 1.88. The molecule has 0 spiro atoms. The van der Waals surface area contributed by atoms with E-state index in [4.69, 9.17) is 4.52 Å². The Morgan fingerprint density at radius 1 is 1.36 bits per heavy atom. The molecule has 0 bridgehead atoms. The van der Waals surface area contributed by atoms with Gasteiger partial charge in [-0.25, -0.2) is 0 Å². The summed E-state index contributed by atoms with van der Waals surface area (Å²) in [5.74, 6) is 1.37. The summed E-state index contributed by atoms with van der Waals surface area (Å²) in [7, 11) is 0. The summed E-state index contributed by atoms with van der Waals surface area (Å²) in [5.41, 5.74) is 0.943. The number of nitrogens with zero attached hydrogens (tertiary/aromatic N) is 3. The standard InChI is InChI=1S/C10H11N3O/c1-2-9-12-10(14-13-9)7-8-5-3-4-6-11-8/h3-6H,2,7H2,1H3. The fourth-order valence-corrected chi connectivity index (χ4v) is 1.16. The largest absolute Gasteiger partial charge is 0.339 e. The monoisotopic (exact) mass is 189 g/mol. The number of pyridine rings is 1. The molecule has 0 aromatic carbocycles. The summed E-state index contributed by atoms with van der Waals surface area (Å²) in [6.45, 7) is 2.00. The Kier molecular flexibility index (Phi) is 2.53. The minimum absolute atomic E-state index is 0.605. The van der Waals surface area contributed by atoms with Crippen molar-refractivity contribution in [3.63, 3.8) is 0 Å². The van der Waals surface area contributed by atoms with Crippen molar-refractivity contribution in [3.8, 4) is 0 Å². The van der Waals surface area contributed by atoms with E-state index in [1.165, 1.54) is 0 Å². The quantitative estimate of drug-likeness (QED) is 0.736. The zero-order valence-corrected chi connectivity index (χ0v) is 7.97. The highest BCUT2D eigenvalue weighted by Crippen LogP contribution is 2.04. The van der Waals surface area contributed by atoms with Crippen LogP contribution in [-0.2, 0) is 12.8 Å². The molecule has 0 aliphatic rings. The van der Waals surface area contributed by atoms with Gasteiger partial charge in [0.1, 0.15) is 0 Å². The SMILES string of the molecule is CCc1noc(Cc2ccccn2)n1. The van der Waals surface area contributed by atoms with Crippen molar-refractivity contribution in [2.75, 3.05) is 0 Å². The smallest absolute Gasteiger partial charge is 0.232 e. The Labute approximate surface area is 82.0 Å². The molecular formula is C10H11N3O. The second kappa shape index (κ2) is 4.00. The van der Waals surface area contributed by atoms with Crippen LogP contribution in [0.25, 0.3) is 0 Å². The number of rotatable bonds is 3. The Morgan fingerprint density at radius 3 is 2.93 bits per heavy atom. The van der Waals surface area contributed by atoms with Crippen LogP contribution < -0.4 is 0 Å². The molecule has 0 saturated heterocycles. The van der Waals surface area contributed by atoms with Crippen LogP contribution in [0.5, 0.6) is 0 Å². The average molecular weight is 189 g/mol. The summed E-state index contributed by atoms with van der Waals surface area (Å²) in [6, 6.07) is 5.77. The molecule has 2 heterocycles. The van der Waals surface area contributed by atoms with E-state index in [1.807, 2.05) is 25.1 Å². The highest BCUT2D eigenvalue weighted by atomic mass is 16.5. The Hall–Kier alpha value is -1.71. The normalized spacial score (nSPS) is 10.4. The minimum atomic E-state index is 0.605. The summed E-state index contributed by atoms with van der Waals surface area (Å²) in [4.78, 5) is 8.39. The Bertz CT molecular complexity index is 397. The third-order valence-electron chi connectivity index (χ3n) is 1.88. The van der Waals surface area contributed by atoms with E-state index >= 15 is 0 Å². The van der Waals surface area contributed by atoms with Crippen molar-refractivity contribution in [1.82, 2.24) is 15.1 Å². The van der Waals surface area contributed by atoms with Gasteiger partial charge in [-0.15, -0.1) is 0 Å². The molecule has 0 saturated carbocycles. The first-order chi connectivity index (χ1) is 6.88. The zero-order valence-electron chi connectivity index (χ0n) is 7.97. The minimum Gasteiger partial charge on any atom is -0.339 e. The summed E-state index contributed by atoms with van der Waals surface area (Å²) >= 11 is 0. The van der Waals surface area contributed by atoms with E-state index in [0.29, 0.717) is 12.3 Å². The molecule has 2 rings (SSSR count). The number of aromatic nitrogens is 3. The van der Waals surface area contributed by atoms with Gasteiger partial charge in [0.2, 0.25) is 5.89 Å². The summed E-state index contributed by atoms with van der Waals surface area (Å²) in [5, 5.41) is 3.82. The highest BCUT2D eigenvalue weighted by Gasteiger charge is 2.05. The molecular weight excluding hydrogens is 178 g/mol. The van der Waals surface area contributed by atoms with Gasteiger partial charge in [-0.05, 0) is 12.1 Å². The van der Waals surface area contributed by atoms with Gasteiger partial charge in [0, 0.05) is 18.3 Å².